The number of nitrogens with one attached hydrogen (secondary N) is 2. The molecule has 0 aliphatic carbocycles. The summed E-state index contributed by atoms with van der Waals surface area (Å²) in [6, 6.07) is 10.2. The Hall–Kier alpha value is -2.43. The Balaban J connectivity index is 0.00000341. The summed E-state index contributed by atoms with van der Waals surface area (Å²) in [6.45, 7) is 9.43. The number of halogens is 1. The molecule has 9 heteroatoms. The van der Waals surface area contributed by atoms with E-state index >= 15 is 0 Å². The first kappa shape index (κ1) is 24.8. The Labute approximate surface area is 201 Å². The summed E-state index contributed by atoms with van der Waals surface area (Å²) in [5, 5.41) is 19.4. The van der Waals surface area contributed by atoms with Crippen molar-refractivity contribution >= 4 is 29.9 Å². The highest BCUT2D eigenvalue weighted by Gasteiger charge is 2.06. The van der Waals surface area contributed by atoms with Crippen molar-refractivity contribution in [2.24, 2.45) is 4.99 Å². The summed E-state index contributed by atoms with van der Waals surface area (Å²) in [5.74, 6) is 1.85. The van der Waals surface area contributed by atoms with Crippen molar-refractivity contribution < 1.29 is 0 Å². The first-order chi connectivity index (χ1) is 14.7. The van der Waals surface area contributed by atoms with Crippen molar-refractivity contribution in [1.82, 2.24) is 35.2 Å². The number of para-hydroxylation sites is 1. The lowest BCUT2D eigenvalue weighted by atomic mass is 10.1. The Morgan fingerprint density at radius 2 is 1.94 bits per heavy atom. The van der Waals surface area contributed by atoms with Crippen LogP contribution in [0.2, 0.25) is 0 Å². The predicted molar refractivity (Wildman–Crippen MR) is 135 cm³/mol. The topological polar surface area (TPSA) is 85.0 Å². The van der Waals surface area contributed by atoms with Crippen molar-refractivity contribution in [3.05, 3.63) is 59.9 Å². The van der Waals surface area contributed by atoms with Gasteiger partial charge in [-0.25, -0.2) is 4.68 Å². The van der Waals surface area contributed by atoms with E-state index in [9.17, 15) is 0 Å². The molecule has 3 aromatic rings. The van der Waals surface area contributed by atoms with Crippen LogP contribution in [-0.2, 0) is 19.4 Å². The van der Waals surface area contributed by atoms with Crippen LogP contribution in [0.1, 0.15) is 37.4 Å². The number of hydrogen-bond donors (Lipinski definition) is 2. The summed E-state index contributed by atoms with van der Waals surface area (Å²) in [4.78, 5) is 4.71. The number of rotatable bonds is 10. The van der Waals surface area contributed by atoms with Crippen LogP contribution in [0.5, 0.6) is 0 Å². The van der Waals surface area contributed by atoms with E-state index in [1.54, 1.807) is 6.33 Å². The molecular formula is C22H33IN8. The van der Waals surface area contributed by atoms with Crippen LogP contribution in [0.4, 0.5) is 0 Å². The molecule has 0 saturated heterocycles. The summed E-state index contributed by atoms with van der Waals surface area (Å²) in [6.07, 6.45) is 6.73. The molecule has 8 nitrogen and oxygen atoms in total. The molecule has 0 bridgehead atoms. The highest BCUT2D eigenvalue weighted by molar-refractivity contribution is 14.0. The zero-order chi connectivity index (χ0) is 21.2. The fourth-order valence-corrected chi connectivity index (χ4v) is 3.29. The molecular weight excluding hydrogens is 503 g/mol. The van der Waals surface area contributed by atoms with E-state index in [0.29, 0.717) is 0 Å². The van der Waals surface area contributed by atoms with Gasteiger partial charge in [0.2, 0.25) is 0 Å². The van der Waals surface area contributed by atoms with E-state index in [0.717, 1.165) is 68.6 Å². The largest absolute Gasteiger partial charge is 0.357 e. The molecule has 2 N–H and O–H groups in total. The first-order valence-electron chi connectivity index (χ1n) is 10.7. The minimum absolute atomic E-state index is 0. The molecule has 0 unspecified atom stereocenters. The van der Waals surface area contributed by atoms with E-state index in [1.165, 1.54) is 5.56 Å². The van der Waals surface area contributed by atoms with Gasteiger partial charge in [0.25, 0.3) is 0 Å². The standard InChI is InChI=1S/C22H32N8.HI/c1-4-21-27-26-17-29(21)15-14-25-22(23-5-2)24-13-9-10-19-16-30(28-18(19)3)20-11-7-6-8-12-20;/h6-8,11-12,16-17H,4-5,9-10,13-15H2,1-3H3,(H2,23,24,25);1H. The maximum absolute atomic E-state index is 4.71. The summed E-state index contributed by atoms with van der Waals surface area (Å²) < 4.78 is 4.03. The molecule has 0 atom stereocenters. The molecule has 0 aliphatic rings. The zero-order valence-electron chi connectivity index (χ0n) is 18.6. The van der Waals surface area contributed by atoms with Gasteiger partial charge in [0, 0.05) is 38.8 Å². The molecule has 2 heterocycles. The lowest BCUT2D eigenvalue weighted by Gasteiger charge is -2.12. The van der Waals surface area contributed by atoms with E-state index in [-0.39, 0.29) is 24.0 Å². The van der Waals surface area contributed by atoms with Gasteiger partial charge in [0.15, 0.2) is 5.96 Å². The molecule has 168 valence electrons. The normalized spacial score (nSPS) is 11.3. The molecule has 3 rings (SSSR count). The van der Waals surface area contributed by atoms with Gasteiger partial charge in [-0.1, -0.05) is 25.1 Å². The van der Waals surface area contributed by atoms with Gasteiger partial charge in [0.1, 0.15) is 12.2 Å². The highest BCUT2D eigenvalue weighted by atomic mass is 127. The van der Waals surface area contributed by atoms with Crippen molar-refractivity contribution in [3.8, 4) is 5.69 Å². The number of guanidine groups is 1. The van der Waals surface area contributed by atoms with Gasteiger partial charge in [-0.05, 0) is 44.4 Å². The fourth-order valence-electron chi connectivity index (χ4n) is 3.29. The second-order valence-corrected chi connectivity index (χ2v) is 7.10. The van der Waals surface area contributed by atoms with Gasteiger partial charge in [-0.3, -0.25) is 4.99 Å². The highest BCUT2D eigenvalue weighted by Crippen LogP contribution is 2.13. The maximum Gasteiger partial charge on any atom is 0.191 e. The smallest absolute Gasteiger partial charge is 0.191 e. The summed E-state index contributed by atoms with van der Waals surface area (Å²) in [7, 11) is 0. The quantitative estimate of drug-likeness (QED) is 0.180. The van der Waals surface area contributed by atoms with Crippen LogP contribution in [0.15, 0.2) is 47.8 Å². The zero-order valence-corrected chi connectivity index (χ0v) is 20.9. The van der Waals surface area contributed by atoms with E-state index < -0.39 is 0 Å². The van der Waals surface area contributed by atoms with E-state index in [2.05, 4.69) is 69.6 Å². The summed E-state index contributed by atoms with van der Waals surface area (Å²) >= 11 is 0. The van der Waals surface area contributed by atoms with Crippen molar-refractivity contribution in [2.75, 3.05) is 19.6 Å². The minimum Gasteiger partial charge on any atom is -0.357 e. The Bertz CT molecular complexity index is 932. The van der Waals surface area contributed by atoms with Gasteiger partial charge >= 0.3 is 0 Å². The SMILES string of the molecule is CCNC(=NCCCc1cn(-c2ccccc2)nc1C)NCCn1cnnc1CC.I. The minimum atomic E-state index is 0. The summed E-state index contributed by atoms with van der Waals surface area (Å²) in [5.41, 5.74) is 3.43. The van der Waals surface area contributed by atoms with Crippen LogP contribution in [0.25, 0.3) is 5.69 Å². The van der Waals surface area contributed by atoms with Gasteiger partial charge < -0.3 is 15.2 Å². The first-order valence-corrected chi connectivity index (χ1v) is 10.7. The van der Waals surface area contributed by atoms with Crippen molar-refractivity contribution in [1.29, 1.82) is 0 Å². The van der Waals surface area contributed by atoms with Crippen LogP contribution >= 0.6 is 24.0 Å². The lowest BCUT2D eigenvalue weighted by molar-refractivity contribution is 0.632. The molecule has 0 spiro atoms. The number of hydrogen-bond acceptors (Lipinski definition) is 4. The number of nitrogens with zero attached hydrogens (tertiary/aromatic N) is 6. The van der Waals surface area contributed by atoms with Crippen LogP contribution in [0.3, 0.4) is 0 Å². The molecule has 0 fully saturated rings. The molecule has 0 amide bonds. The third-order valence-corrected chi connectivity index (χ3v) is 4.90. The Kier molecular flexibility index (Phi) is 10.5. The maximum atomic E-state index is 4.71. The van der Waals surface area contributed by atoms with E-state index in [1.807, 2.05) is 22.9 Å². The van der Waals surface area contributed by atoms with Gasteiger partial charge in [-0.15, -0.1) is 34.2 Å². The average Bonchev–Trinajstić information content (AvgIpc) is 3.38. The molecule has 0 radical (unpaired) electrons. The monoisotopic (exact) mass is 536 g/mol. The van der Waals surface area contributed by atoms with Crippen LogP contribution < -0.4 is 10.6 Å². The third-order valence-electron chi connectivity index (χ3n) is 4.90. The van der Waals surface area contributed by atoms with Crippen molar-refractivity contribution in [3.63, 3.8) is 0 Å². The molecule has 0 saturated carbocycles. The average molecular weight is 536 g/mol. The number of benzene rings is 1. The van der Waals surface area contributed by atoms with Crippen molar-refractivity contribution in [2.45, 2.75) is 46.6 Å². The van der Waals surface area contributed by atoms with E-state index in [4.69, 9.17) is 4.99 Å². The van der Waals surface area contributed by atoms with Crippen LogP contribution in [0, 0.1) is 6.92 Å². The second-order valence-electron chi connectivity index (χ2n) is 7.10. The fraction of sp³-hybridized carbons (Fsp3) is 0.455. The Morgan fingerprint density at radius 1 is 1.13 bits per heavy atom. The number of aryl methyl sites for hydroxylation is 3. The van der Waals surface area contributed by atoms with Crippen LogP contribution in [-0.4, -0.2) is 50.1 Å². The number of aliphatic imine (C=N–C) groups is 1. The third kappa shape index (κ3) is 7.34. The Morgan fingerprint density at radius 3 is 2.68 bits per heavy atom. The predicted octanol–water partition coefficient (Wildman–Crippen LogP) is 3.14. The molecule has 31 heavy (non-hydrogen) atoms. The lowest BCUT2D eigenvalue weighted by Crippen LogP contribution is -2.39. The molecule has 1 aromatic carbocycles. The molecule has 0 aliphatic heterocycles. The second kappa shape index (κ2) is 13.1. The van der Waals surface area contributed by atoms with Gasteiger partial charge in [-0.2, -0.15) is 5.10 Å². The van der Waals surface area contributed by atoms with Gasteiger partial charge in [0.05, 0.1) is 11.4 Å². The molecule has 2 aromatic heterocycles. The number of aromatic nitrogens is 5.